The number of likely N-dealkylation sites (tertiary alicyclic amines) is 1. The second-order valence-corrected chi connectivity index (χ2v) is 4.65. The predicted octanol–water partition coefficient (Wildman–Crippen LogP) is 1.44. The van der Waals surface area contributed by atoms with Gasteiger partial charge in [0, 0.05) is 13.1 Å². The van der Waals surface area contributed by atoms with Crippen LogP contribution in [0.3, 0.4) is 0 Å². The van der Waals surface area contributed by atoms with E-state index in [0.29, 0.717) is 11.4 Å². The minimum absolute atomic E-state index is 0.0454. The van der Waals surface area contributed by atoms with E-state index < -0.39 is 5.97 Å². The largest absolute Gasteiger partial charge is 0.487 e. The van der Waals surface area contributed by atoms with Gasteiger partial charge < -0.3 is 20.5 Å². The summed E-state index contributed by atoms with van der Waals surface area (Å²) >= 11 is 0. The summed E-state index contributed by atoms with van der Waals surface area (Å²) in [7, 11) is 2.07. The van der Waals surface area contributed by atoms with Crippen molar-refractivity contribution in [3.8, 4) is 5.75 Å². The normalized spacial score (nSPS) is 17.6. The Kier molecular flexibility index (Phi) is 3.72. The van der Waals surface area contributed by atoms with Crippen LogP contribution in [0, 0.1) is 0 Å². The molecule has 0 spiro atoms. The molecule has 98 valence electrons. The van der Waals surface area contributed by atoms with Crippen molar-refractivity contribution in [2.45, 2.75) is 18.9 Å². The first kappa shape index (κ1) is 12.7. The van der Waals surface area contributed by atoms with Gasteiger partial charge in [-0.05, 0) is 32.0 Å². The molecular weight excluding hydrogens is 232 g/mol. The zero-order chi connectivity index (χ0) is 13.1. The Morgan fingerprint density at radius 1 is 1.44 bits per heavy atom. The van der Waals surface area contributed by atoms with Gasteiger partial charge in [-0.2, -0.15) is 0 Å². The van der Waals surface area contributed by atoms with Gasteiger partial charge >= 0.3 is 5.97 Å². The van der Waals surface area contributed by atoms with E-state index in [-0.39, 0.29) is 11.7 Å². The van der Waals surface area contributed by atoms with Gasteiger partial charge in [-0.25, -0.2) is 4.79 Å². The molecule has 3 N–H and O–H groups in total. The van der Waals surface area contributed by atoms with Crippen LogP contribution in [0.15, 0.2) is 18.2 Å². The molecule has 2 rings (SSSR count). The lowest BCUT2D eigenvalue weighted by Crippen LogP contribution is -2.36. The second-order valence-electron chi connectivity index (χ2n) is 4.65. The van der Waals surface area contributed by atoms with Crippen molar-refractivity contribution in [1.29, 1.82) is 0 Å². The van der Waals surface area contributed by atoms with Crippen LogP contribution in [-0.2, 0) is 0 Å². The number of hydrogen-bond acceptors (Lipinski definition) is 4. The first-order valence-corrected chi connectivity index (χ1v) is 6.05. The monoisotopic (exact) mass is 250 g/mol. The Hall–Kier alpha value is -1.75. The maximum absolute atomic E-state index is 11.1. The van der Waals surface area contributed by atoms with E-state index in [1.165, 1.54) is 6.07 Å². The highest BCUT2D eigenvalue weighted by molar-refractivity contribution is 5.93. The molecule has 1 saturated heterocycles. The van der Waals surface area contributed by atoms with E-state index in [2.05, 4.69) is 11.9 Å². The summed E-state index contributed by atoms with van der Waals surface area (Å²) in [6.45, 7) is 1.92. The number of carboxylic acids is 1. The quantitative estimate of drug-likeness (QED) is 0.794. The van der Waals surface area contributed by atoms with E-state index in [1.807, 2.05) is 0 Å². The van der Waals surface area contributed by atoms with E-state index in [4.69, 9.17) is 15.6 Å². The van der Waals surface area contributed by atoms with Crippen molar-refractivity contribution in [1.82, 2.24) is 4.90 Å². The Morgan fingerprint density at radius 3 is 2.72 bits per heavy atom. The van der Waals surface area contributed by atoms with E-state index in [9.17, 15) is 4.79 Å². The molecule has 5 heteroatoms. The lowest BCUT2D eigenvalue weighted by Gasteiger charge is -2.30. The molecule has 0 bridgehead atoms. The van der Waals surface area contributed by atoms with Crippen molar-refractivity contribution < 1.29 is 14.6 Å². The third kappa shape index (κ3) is 2.73. The van der Waals surface area contributed by atoms with Gasteiger partial charge in [0.1, 0.15) is 11.7 Å². The molecule has 1 aromatic rings. The molecule has 1 aliphatic heterocycles. The topological polar surface area (TPSA) is 75.8 Å². The van der Waals surface area contributed by atoms with Crippen molar-refractivity contribution in [2.75, 3.05) is 25.9 Å². The number of nitrogens with zero attached hydrogens (tertiary/aromatic N) is 1. The van der Waals surface area contributed by atoms with Crippen molar-refractivity contribution >= 4 is 11.7 Å². The molecule has 0 aromatic heterocycles. The summed E-state index contributed by atoms with van der Waals surface area (Å²) in [5.41, 5.74) is 6.32. The van der Waals surface area contributed by atoms with E-state index >= 15 is 0 Å². The van der Waals surface area contributed by atoms with Crippen LogP contribution < -0.4 is 10.5 Å². The smallest absolute Gasteiger partial charge is 0.339 e. The number of para-hydroxylation sites is 1. The molecule has 1 aliphatic rings. The van der Waals surface area contributed by atoms with E-state index in [1.54, 1.807) is 12.1 Å². The fourth-order valence-corrected chi connectivity index (χ4v) is 2.12. The number of nitrogen functional groups attached to an aromatic ring is 1. The number of ether oxygens (including phenoxy) is 1. The Morgan fingerprint density at radius 2 is 2.11 bits per heavy atom. The zero-order valence-corrected chi connectivity index (χ0v) is 10.4. The first-order valence-electron chi connectivity index (χ1n) is 6.05. The second kappa shape index (κ2) is 5.27. The Labute approximate surface area is 106 Å². The number of aromatic carboxylic acids is 1. The fraction of sp³-hybridized carbons (Fsp3) is 0.462. The number of rotatable bonds is 3. The maximum Gasteiger partial charge on any atom is 0.339 e. The summed E-state index contributed by atoms with van der Waals surface area (Å²) < 4.78 is 5.79. The van der Waals surface area contributed by atoms with Gasteiger partial charge in [0.15, 0.2) is 5.75 Å². The molecule has 0 unspecified atom stereocenters. The molecule has 0 saturated carbocycles. The third-order valence-electron chi connectivity index (χ3n) is 3.23. The number of benzene rings is 1. The molecule has 0 atom stereocenters. The number of carbonyl (C=O) groups is 1. The molecule has 18 heavy (non-hydrogen) atoms. The summed E-state index contributed by atoms with van der Waals surface area (Å²) in [4.78, 5) is 13.4. The van der Waals surface area contributed by atoms with Crippen molar-refractivity contribution in [3.05, 3.63) is 23.8 Å². The maximum atomic E-state index is 11.1. The summed E-state index contributed by atoms with van der Waals surface area (Å²) in [5, 5.41) is 9.12. The van der Waals surface area contributed by atoms with Gasteiger partial charge in [0.2, 0.25) is 0 Å². The third-order valence-corrected chi connectivity index (χ3v) is 3.23. The van der Waals surface area contributed by atoms with Gasteiger partial charge in [-0.3, -0.25) is 0 Å². The predicted molar refractivity (Wildman–Crippen MR) is 69.0 cm³/mol. The lowest BCUT2D eigenvalue weighted by molar-refractivity contribution is 0.0681. The lowest BCUT2D eigenvalue weighted by atomic mass is 10.1. The fourth-order valence-electron chi connectivity index (χ4n) is 2.12. The van der Waals surface area contributed by atoms with E-state index in [0.717, 1.165) is 25.9 Å². The SMILES string of the molecule is CN1CCC(Oc2c(N)cccc2C(=O)O)CC1. The van der Waals surface area contributed by atoms with Crippen molar-refractivity contribution in [3.63, 3.8) is 0 Å². The van der Waals surface area contributed by atoms with Crippen LogP contribution in [0.2, 0.25) is 0 Å². The average Bonchev–Trinajstić information content (AvgIpc) is 2.34. The number of nitrogens with two attached hydrogens (primary N) is 1. The van der Waals surface area contributed by atoms with Gasteiger partial charge in [-0.1, -0.05) is 6.07 Å². The molecule has 1 fully saturated rings. The van der Waals surface area contributed by atoms with Gasteiger partial charge in [0.05, 0.1) is 5.69 Å². The standard InChI is InChI=1S/C13H18N2O3/c1-15-7-5-9(6-8-15)18-12-10(13(16)17)3-2-4-11(12)14/h2-4,9H,5-8,14H2,1H3,(H,16,17). The minimum atomic E-state index is -1.01. The van der Waals surface area contributed by atoms with Gasteiger partial charge in [0.25, 0.3) is 0 Å². The highest BCUT2D eigenvalue weighted by Gasteiger charge is 2.22. The summed E-state index contributed by atoms with van der Waals surface area (Å²) in [5.74, 6) is -0.704. The van der Waals surface area contributed by atoms with Gasteiger partial charge in [-0.15, -0.1) is 0 Å². The molecule has 5 nitrogen and oxygen atoms in total. The first-order chi connectivity index (χ1) is 8.58. The zero-order valence-electron chi connectivity index (χ0n) is 10.4. The average molecular weight is 250 g/mol. The Balaban J connectivity index is 2.15. The number of hydrogen-bond donors (Lipinski definition) is 2. The summed E-state index contributed by atoms with van der Waals surface area (Å²) in [6.07, 6.45) is 1.83. The van der Waals surface area contributed by atoms with Crippen LogP contribution in [0.1, 0.15) is 23.2 Å². The molecule has 0 radical (unpaired) electrons. The summed E-state index contributed by atoms with van der Waals surface area (Å²) in [6, 6.07) is 4.81. The molecular formula is C13H18N2O3. The highest BCUT2D eigenvalue weighted by atomic mass is 16.5. The minimum Gasteiger partial charge on any atom is -0.487 e. The number of anilines is 1. The van der Waals surface area contributed by atoms with Crippen LogP contribution in [-0.4, -0.2) is 42.2 Å². The highest BCUT2D eigenvalue weighted by Crippen LogP contribution is 2.29. The molecule has 0 amide bonds. The molecule has 1 aromatic carbocycles. The Bertz CT molecular complexity index is 440. The van der Waals surface area contributed by atoms with Crippen LogP contribution in [0.4, 0.5) is 5.69 Å². The van der Waals surface area contributed by atoms with Crippen LogP contribution >= 0.6 is 0 Å². The molecule has 0 aliphatic carbocycles. The number of carboxylic acid groups (broad SMARTS) is 1. The molecule has 1 heterocycles. The van der Waals surface area contributed by atoms with Crippen molar-refractivity contribution in [2.24, 2.45) is 0 Å². The number of piperidine rings is 1. The van der Waals surface area contributed by atoms with Crippen LogP contribution in [0.25, 0.3) is 0 Å². The van der Waals surface area contributed by atoms with Crippen LogP contribution in [0.5, 0.6) is 5.75 Å².